The van der Waals surface area contributed by atoms with Crippen LogP contribution in [0.1, 0.15) is 28.7 Å². The van der Waals surface area contributed by atoms with Crippen molar-refractivity contribution in [2.45, 2.75) is 19.3 Å². The molecule has 4 rings (SSSR count). The minimum atomic E-state index is -0.972. The number of oxime groups is 1. The van der Waals surface area contributed by atoms with Crippen LogP contribution in [0.5, 0.6) is 5.75 Å². The number of benzene rings is 2. The molecule has 2 aromatic carbocycles. The first-order chi connectivity index (χ1) is 15.2. The van der Waals surface area contributed by atoms with Crippen molar-refractivity contribution in [2.24, 2.45) is 11.1 Å². The lowest BCUT2D eigenvalue weighted by atomic mass is 9.84. The Balaban J connectivity index is 1.44. The van der Waals surface area contributed by atoms with E-state index in [2.05, 4.69) is 16.2 Å². The highest BCUT2D eigenvalue weighted by Gasteiger charge is 2.22. The van der Waals surface area contributed by atoms with Crippen molar-refractivity contribution < 1.29 is 19.5 Å². The molecule has 3 aromatic rings. The summed E-state index contributed by atoms with van der Waals surface area (Å²) in [5.74, 6) is 0.0255. The van der Waals surface area contributed by atoms with Gasteiger partial charge < -0.3 is 14.7 Å². The number of rotatable bonds is 8. The fourth-order valence-corrected chi connectivity index (χ4v) is 3.84. The summed E-state index contributed by atoms with van der Waals surface area (Å²) in [4.78, 5) is 20.8. The number of hydrogen-bond donors (Lipinski definition) is 1. The van der Waals surface area contributed by atoms with Crippen molar-refractivity contribution in [1.82, 2.24) is 4.98 Å². The van der Waals surface area contributed by atoms with Gasteiger partial charge in [0.2, 0.25) is 0 Å². The van der Waals surface area contributed by atoms with Crippen LogP contribution in [-0.2, 0) is 22.5 Å². The van der Waals surface area contributed by atoms with Crippen LogP contribution in [0.2, 0.25) is 0 Å². The third-order valence-electron chi connectivity index (χ3n) is 5.34. The number of aliphatic carboxylic acids is 1. The standard InChI is InChI=1S/C25H24N2O4/c28-24(29)17-30-23-10-4-8-20-14-18(11-12-22(20)23)16-31-27-25(19-6-2-1-3-7-19)21-9-5-13-26-15-21/h1-10,13,15,18H,11-12,14,16-17H2,(H,28,29)/b27-25-. The highest BCUT2D eigenvalue weighted by atomic mass is 16.6. The molecule has 6 nitrogen and oxygen atoms in total. The molecule has 0 amide bonds. The lowest BCUT2D eigenvalue weighted by Crippen LogP contribution is -2.20. The summed E-state index contributed by atoms with van der Waals surface area (Å²) in [5.41, 5.74) is 4.92. The van der Waals surface area contributed by atoms with Gasteiger partial charge >= 0.3 is 5.97 Å². The molecule has 31 heavy (non-hydrogen) atoms. The van der Waals surface area contributed by atoms with E-state index in [9.17, 15) is 4.79 Å². The molecule has 0 saturated heterocycles. The number of hydrogen-bond acceptors (Lipinski definition) is 5. The molecule has 0 aliphatic heterocycles. The molecule has 1 unspecified atom stereocenters. The number of aromatic nitrogens is 1. The zero-order valence-corrected chi connectivity index (χ0v) is 17.1. The minimum Gasteiger partial charge on any atom is -0.482 e. The number of ether oxygens (including phenoxy) is 1. The summed E-state index contributed by atoms with van der Waals surface area (Å²) < 4.78 is 5.45. The van der Waals surface area contributed by atoms with Crippen molar-refractivity contribution >= 4 is 11.7 Å². The number of pyridine rings is 1. The largest absolute Gasteiger partial charge is 0.482 e. The topological polar surface area (TPSA) is 81.0 Å². The molecule has 0 spiro atoms. The summed E-state index contributed by atoms with van der Waals surface area (Å²) in [6.07, 6.45) is 6.13. The third kappa shape index (κ3) is 5.28. The number of carboxylic acid groups (broad SMARTS) is 1. The number of nitrogens with zero attached hydrogens (tertiary/aromatic N) is 2. The molecule has 1 aliphatic carbocycles. The van der Waals surface area contributed by atoms with Crippen LogP contribution in [0, 0.1) is 5.92 Å². The highest BCUT2D eigenvalue weighted by molar-refractivity contribution is 6.12. The van der Waals surface area contributed by atoms with Crippen molar-refractivity contribution in [3.05, 3.63) is 95.3 Å². The van der Waals surface area contributed by atoms with Gasteiger partial charge in [0, 0.05) is 29.4 Å². The van der Waals surface area contributed by atoms with E-state index in [1.807, 2.05) is 54.6 Å². The third-order valence-corrected chi connectivity index (χ3v) is 5.34. The van der Waals surface area contributed by atoms with Gasteiger partial charge in [0.1, 0.15) is 18.1 Å². The van der Waals surface area contributed by atoms with Crippen molar-refractivity contribution in [3.8, 4) is 5.75 Å². The molecule has 0 bridgehead atoms. The smallest absolute Gasteiger partial charge is 0.341 e. The molecule has 1 aliphatic rings. The fraction of sp³-hybridized carbons (Fsp3) is 0.240. The van der Waals surface area contributed by atoms with E-state index in [1.54, 1.807) is 12.4 Å². The Kier molecular flexibility index (Phi) is 6.57. The summed E-state index contributed by atoms with van der Waals surface area (Å²) in [6.45, 7) is 0.185. The first-order valence-electron chi connectivity index (χ1n) is 10.3. The molecule has 1 atom stereocenters. The van der Waals surface area contributed by atoms with Crippen molar-refractivity contribution in [2.75, 3.05) is 13.2 Å². The Hall–Kier alpha value is -3.67. The van der Waals surface area contributed by atoms with Crippen LogP contribution in [0.3, 0.4) is 0 Å². The van der Waals surface area contributed by atoms with Gasteiger partial charge in [0.25, 0.3) is 0 Å². The Labute approximate surface area is 181 Å². The Morgan fingerprint density at radius 1 is 1.06 bits per heavy atom. The lowest BCUT2D eigenvalue weighted by Gasteiger charge is -2.25. The normalized spacial score (nSPS) is 15.7. The molecule has 0 fully saturated rings. The average molecular weight is 416 g/mol. The van der Waals surface area contributed by atoms with Crippen LogP contribution in [0.4, 0.5) is 0 Å². The Bertz CT molecular complexity index is 1010. The van der Waals surface area contributed by atoms with Gasteiger partial charge in [-0.1, -0.05) is 47.6 Å². The minimum absolute atomic E-state index is 0.325. The number of carbonyl (C=O) groups is 1. The van der Waals surface area contributed by atoms with E-state index in [0.29, 0.717) is 18.3 Å². The fourth-order valence-electron chi connectivity index (χ4n) is 3.84. The molecule has 1 aromatic heterocycles. The summed E-state index contributed by atoms with van der Waals surface area (Å²) >= 11 is 0. The monoisotopic (exact) mass is 416 g/mol. The van der Waals surface area contributed by atoms with E-state index < -0.39 is 5.97 Å². The first kappa shape index (κ1) is 20.6. The van der Waals surface area contributed by atoms with Crippen LogP contribution < -0.4 is 4.74 Å². The van der Waals surface area contributed by atoms with Gasteiger partial charge in [-0.3, -0.25) is 4.98 Å². The van der Waals surface area contributed by atoms with Crippen LogP contribution in [0.15, 0.2) is 78.2 Å². The van der Waals surface area contributed by atoms with E-state index in [0.717, 1.165) is 41.7 Å². The lowest BCUT2D eigenvalue weighted by molar-refractivity contribution is -0.139. The SMILES string of the molecule is O=C(O)COc1cccc2c1CCC(CO/N=C(/c1ccccc1)c1cccnc1)C2. The average Bonchev–Trinajstić information content (AvgIpc) is 2.81. The second-order valence-electron chi connectivity index (χ2n) is 7.53. The van der Waals surface area contributed by atoms with E-state index >= 15 is 0 Å². The highest BCUT2D eigenvalue weighted by Crippen LogP contribution is 2.32. The van der Waals surface area contributed by atoms with Crippen molar-refractivity contribution in [3.63, 3.8) is 0 Å². The maximum Gasteiger partial charge on any atom is 0.341 e. The Morgan fingerprint density at radius 3 is 2.68 bits per heavy atom. The van der Waals surface area contributed by atoms with Crippen LogP contribution in [0.25, 0.3) is 0 Å². The Morgan fingerprint density at radius 2 is 1.90 bits per heavy atom. The van der Waals surface area contributed by atoms with Gasteiger partial charge in [0.05, 0.1) is 0 Å². The van der Waals surface area contributed by atoms with Gasteiger partial charge in [-0.15, -0.1) is 0 Å². The van der Waals surface area contributed by atoms with Crippen LogP contribution in [-0.4, -0.2) is 35.0 Å². The zero-order chi connectivity index (χ0) is 21.5. The van der Waals surface area contributed by atoms with Crippen LogP contribution >= 0.6 is 0 Å². The van der Waals surface area contributed by atoms with E-state index in [4.69, 9.17) is 14.7 Å². The molecule has 6 heteroatoms. The second kappa shape index (κ2) is 9.89. The maximum absolute atomic E-state index is 10.8. The van der Waals surface area contributed by atoms with E-state index in [1.165, 1.54) is 5.56 Å². The first-order valence-corrected chi connectivity index (χ1v) is 10.3. The van der Waals surface area contributed by atoms with Gasteiger partial charge in [-0.25, -0.2) is 4.79 Å². The van der Waals surface area contributed by atoms with Gasteiger partial charge in [0.15, 0.2) is 6.61 Å². The number of fused-ring (bicyclic) bond motifs is 1. The molecule has 1 heterocycles. The summed E-state index contributed by atoms with van der Waals surface area (Å²) in [6, 6.07) is 19.6. The molecular weight excluding hydrogens is 392 g/mol. The molecule has 1 N–H and O–H groups in total. The molecule has 0 radical (unpaired) electrons. The summed E-state index contributed by atoms with van der Waals surface area (Å²) in [5, 5.41) is 13.3. The van der Waals surface area contributed by atoms with Crippen molar-refractivity contribution in [1.29, 1.82) is 0 Å². The van der Waals surface area contributed by atoms with Gasteiger partial charge in [-0.2, -0.15) is 0 Å². The molecular formula is C25H24N2O4. The zero-order valence-electron chi connectivity index (χ0n) is 17.1. The number of carboxylic acids is 1. The molecule has 158 valence electrons. The maximum atomic E-state index is 10.8. The van der Waals surface area contributed by atoms with Gasteiger partial charge in [-0.05, 0) is 48.6 Å². The second-order valence-corrected chi connectivity index (χ2v) is 7.53. The van der Waals surface area contributed by atoms with E-state index in [-0.39, 0.29) is 6.61 Å². The molecule has 0 saturated carbocycles. The predicted molar refractivity (Wildman–Crippen MR) is 117 cm³/mol. The summed E-state index contributed by atoms with van der Waals surface area (Å²) in [7, 11) is 0. The quantitative estimate of drug-likeness (QED) is 0.441. The predicted octanol–water partition coefficient (Wildman–Crippen LogP) is 4.12.